The maximum atomic E-state index is 4.36. The van der Waals surface area contributed by atoms with Crippen molar-refractivity contribution in [2.24, 2.45) is 0 Å². The van der Waals surface area contributed by atoms with Crippen molar-refractivity contribution in [3.8, 4) is 0 Å². The molecule has 1 N–H and O–H groups in total. The number of hydrogen-bond donors (Lipinski definition) is 1. The van der Waals surface area contributed by atoms with Gasteiger partial charge >= 0.3 is 0 Å². The summed E-state index contributed by atoms with van der Waals surface area (Å²) in [6, 6.07) is 7.24. The van der Waals surface area contributed by atoms with Crippen LogP contribution in [0.15, 0.2) is 29.1 Å². The summed E-state index contributed by atoms with van der Waals surface area (Å²) in [6.45, 7) is 8.68. The van der Waals surface area contributed by atoms with Gasteiger partial charge in [-0.1, -0.05) is 23.8 Å². The van der Waals surface area contributed by atoms with Gasteiger partial charge in [0.25, 0.3) is 0 Å². The van der Waals surface area contributed by atoms with E-state index in [1.165, 1.54) is 16.7 Å². The number of rotatable bonds is 4. The molecule has 0 saturated heterocycles. The first-order valence-corrected chi connectivity index (χ1v) is 7.23. The molecule has 2 atom stereocenters. The smallest absolute Gasteiger partial charge is 0.0795 e. The summed E-state index contributed by atoms with van der Waals surface area (Å²) >= 11 is 1.65. The third kappa shape index (κ3) is 2.98. The maximum absolute atomic E-state index is 4.36. The Bertz CT molecular complexity index is 505. The van der Waals surface area contributed by atoms with Gasteiger partial charge in [-0.25, -0.2) is 4.98 Å². The van der Waals surface area contributed by atoms with E-state index >= 15 is 0 Å². The fourth-order valence-corrected chi connectivity index (χ4v) is 2.86. The zero-order valence-corrected chi connectivity index (χ0v) is 12.2. The zero-order valence-electron chi connectivity index (χ0n) is 11.4. The van der Waals surface area contributed by atoms with Crippen LogP contribution in [0.1, 0.15) is 48.3 Å². The first-order valence-electron chi connectivity index (χ1n) is 6.29. The van der Waals surface area contributed by atoms with Crippen LogP contribution in [0.25, 0.3) is 0 Å². The highest BCUT2D eigenvalue weighted by molar-refractivity contribution is 7.07. The minimum atomic E-state index is 0.283. The molecule has 0 bridgehead atoms. The Morgan fingerprint density at radius 2 is 1.94 bits per heavy atom. The van der Waals surface area contributed by atoms with Gasteiger partial charge in [0.1, 0.15) is 0 Å². The van der Waals surface area contributed by atoms with E-state index in [0.29, 0.717) is 6.04 Å². The fourth-order valence-electron chi connectivity index (χ4n) is 2.21. The monoisotopic (exact) mass is 260 g/mol. The van der Waals surface area contributed by atoms with Gasteiger partial charge in [-0.3, -0.25) is 0 Å². The summed E-state index contributed by atoms with van der Waals surface area (Å²) in [4.78, 5) is 4.36. The molecule has 2 rings (SSSR count). The van der Waals surface area contributed by atoms with E-state index in [1.807, 2.05) is 5.51 Å². The van der Waals surface area contributed by atoms with Gasteiger partial charge in [-0.2, -0.15) is 0 Å². The summed E-state index contributed by atoms with van der Waals surface area (Å²) in [5.41, 5.74) is 7.03. The van der Waals surface area contributed by atoms with Crippen LogP contribution in [-0.4, -0.2) is 4.98 Å². The van der Waals surface area contributed by atoms with Gasteiger partial charge in [0, 0.05) is 17.5 Å². The van der Waals surface area contributed by atoms with Crippen LogP contribution in [0.3, 0.4) is 0 Å². The quantitative estimate of drug-likeness (QED) is 0.892. The van der Waals surface area contributed by atoms with E-state index in [2.05, 4.69) is 61.6 Å². The highest BCUT2D eigenvalue weighted by Crippen LogP contribution is 2.22. The molecule has 0 aliphatic carbocycles. The molecule has 18 heavy (non-hydrogen) atoms. The topological polar surface area (TPSA) is 24.9 Å². The number of aromatic nitrogens is 1. The first-order chi connectivity index (χ1) is 8.58. The fraction of sp³-hybridized carbons (Fsp3) is 0.400. The molecular formula is C15H20N2S. The summed E-state index contributed by atoms with van der Waals surface area (Å²) < 4.78 is 0. The molecule has 96 valence electrons. The summed E-state index contributed by atoms with van der Waals surface area (Å²) in [5.74, 6) is 0. The average molecular weight is 260 g/mol. The molecule has 1 aromatic heterocycles. The molecule has 1 heterocycles. The minimum absolute atomic E-state index is 0.283. The molecule has 0 saturated carbocycles. The van der Waals surface area contributed by atoms with Crippen LogP contribution in [0.5, 0.6) is 0 Å². The molecule has 0 spiro atoms. The first kappa shape index (κ1) is 13.2. The summed E-state index contributed by atoms with van der Waals surface area (Å²) in [6.07, 6.45) is 0. The van der Waals surface area contributed by atoms with Gasteiger partial charge in [0.2, 0.25) is 0 Å². The third-order valence-electron chi connectivity index (χ3n) is 3.30. The van der Waals surface area contributed by atoms with Gasteiger partial charge in [-0.05, 0) is 38.8 Å². The minimum Gasteiger partial charge on any atom is -0.302 e. The number of hydrogen-bond acceptors (Lipinski definition) is 3. The van der Waals surface area contributed by atoms with Crippen LogP contribution >= 0.6 is 11.3 Å². The Morgan fingerprint density at radius 1 is 1.17 bits per heavy atom. The van der Waals surface area contributed by atoms with E-state index < -0.39 is 0 Å². The maximum Gasteiger partial charge on any atom is 0.0795 e. The number of nitrogens with one attached hydrogen (secondary N) is 1. The lowest BCUT2D eigenvalue weighted by Crippen LogP contribution is -2.23. The molecule has 0 amide bonds. The van der Waals surface area contributed by atoms with Crippen LogP contribution in [-0.2, 0) is 0 Å². The molecule has 1 aromatic carbocycles. The Balaban J connectivity index is 2.12. The molecule has 0 fully saturated rings. The second-order valence-electron chi connectivity index (χ2n) is 4.88. The number of thiazole rings is 1. The highest BCUT2D eigenvalue weighted by atomic mass is 32.1. The van der Waals surface area contributed by atoms with E-state index in [1.54, 1.807) is 11.3 Å². The van der Waals surface area contributed by atoms with Gasteiger partial charge in [0.15, 0.2) is 0 Å². The lowest BCUT2D eigenvalue weighted by molar-refractivity contribution is 0.486. The van der Waals surface area contributed by atoms with Crippen LogP contribution < -0.4 is 5.32 Å². The van der Waals surface area contributed by atoms with Crippen molar-refractivity contribution in [2.75, 3.05) is 0 Å². The molecular weight excluding hydrogens is 240 g/mol. The second-order valence-corrected chi connectivity index (χ2v) is 5.60. The van der Waals surface area contributed by atoms with Crippen molar-refractivity contribution in [3.05, 3.63) is 51.5 Å². The van der Waals surface area contributed by atoms with Crippen molar-refractivity contribution in [3.63, 3.8) is 0 Å². The molecule has 2 unspecified atom stereocenters. The Labute approximate surface area is 113 Å². The van der Waals surface area contributed by atoms with E-state index in [9.17, 15) is 0 Å². The Hall–Kier alpha value is -1.19. The molecule has 3 heteroatoms. The molecule has 0 aliphatic heterocycles. The molecule has 2 aromatic rings. The number of nitrogens with zero attached hydrogens (tertiary/aromatic N) is 1. The van der Waals surface area contributed by atoms with Crippen molar-refractivity contribution in [1.82, 2.24) is 10.3 Å². The SMILES string of the molecule is Cc1ccc(C)c(C(C)NC(C)c2cscn2)c1. The van der Waals surface area contributed by atoms with E-state index in [0.717, 1.165) is 5.69 Å². The van der Waals surface area contributed by atoms with E-state index in [-0.39, 0.29) is 6.04 Å². The predicted molar refractivity (Wildman–Crippen MR) is 78.0 cm³/mol. The predicted octanol–water partition coefficient (Wildman–Crippen LogP) is 4.17. The highest BCUT2D eigenvalue weighted by Gasteiger charge is 2.14. The van der Waals surface area contributed by atoms with Crippen LogP contribution in [0, 0.1) is 13.8 Å². The summed E-state index contributed by atoms with van der Waals surface area (Å²) in [7, 11) is 0. The normalized spacial score (nSPS) is 14.4. The molecule has 2 nitrogen and oxygen atoms in total. The van der Waals surface area contributed by atoms with Gasteiger partial charge < -0.3 is 5.32 Å². The largest absolute Gasteiger partial charge is 0.302 e. The number of aryl methyl sites for hydroxylation is 2. The second kappa shape index (κ2) is 5.63. The Morgan fingerprint density at radius 3 is 2.61 bits per heavy atom. The van der Waals surface area contributed by atoms with Crippen molar-refractivity contribution in [1.29, 1.82) is 0 Å². The van der Waals surface area contributed by atoms with Crippen LogP contribution in [0.4, 0.5) is 0 Å². The van der Waals surface area contributed by atoms with Gasteiger partial charge in [0.05, 0.1) is 11.2 Å². The zero-order chi connectivity index (χ0) is 13.1. The van der Waals surface area contributed by atoms with Crippen molar-refractivity contribution < 1.29 is 0 Å². The van der Waals surface area contributed by atoms with Crippen molar-refractivity contribution >= 4 is 11.3 Å². The lowest BCUT2D eigenvalue weighted by atomic mass is 9.99. The van der Waals surface area contributed by atoms with E-state index in [4.69, 9.17) is 0 Å². The van der Waals surface area contributed by atoms with Crippen LogP contribution in [0.2, 0.25) is 0 Å². The molecule has 0 aliphatic rings. The number of benzene rings is 1. The standard InChI is InChI=1S/C15H20N2S/c1-10-5-6-11(2)14(7-10)12(3)17-13(4)15-8-18-9-16-15/h5-9,12-13,17H,1-4H3. The average Bonchev–Trinajstić information content (AvgIpc) is 2.85. The van der Waals surface area contributed by atoms with Gasteiger partial charge in [-0.15, -0.1) is 11.3 Å². The van der Waals surface area contributed by atoms with Crippen molar-refractivity contribution in [2.45, 2.75) is 39.8 Å². The molecule has 0 radical (unpaired) electrons. The third-order valence-corrected chi connectivity index (χ3v) is 3.90. The lowest BCUT2D eigenvalue weighted by Gasteiger charge is -2.21. The summed E-state index contributed by atoms with van der Waals surface area (Å²) in [5, 5.41) is 5.72. The Kier molecular flexibility index (Phi) is 4.15.